The Balaban J connectivity index is 1.68. The molecule has 1 N–H and O–H groups in total. The van der Waals surface area contributed by atoms with E-state index < -0.39 is 0 Å². The summed E-state index contributed by atoms with van der Waals surface area (Å²) in [5.74, 6) is 0.652. The average molecular weight is 417 g/mol. The largest absolute Gasteiger partial charge is 0.350 e. The number of anilines is 1. The predicted octanol–water partition coefficient (Wildman–Crippen LogP) is 5.52. The normalized spacial score (nSPS) is 10.8. The van der Waals surface area contributed by atoms with Gasteiger partial charge in [0.05, 0.1) is 0 Å². The van der Waals surface area contributed by atoms with Crippen LogP contribution in [0.15, 0.2) is 72.8 Å². The van der Waals surface area contributed by atoms with Crippen LogP contribution in [0.25, 0.3) is 11.4 Å². The van der Waals surface area contributed by atoms with Gasteiger partial charge in [-0.1, -0.05) is 71.3 Å². The van der Waals surface area contributed by atoms with Gasteiger partial charge < -0.3 is 5.32 Å². The first kappa shape index (κ1) is 19.9. The van der Waals surface area contributed by atoms with Gasteiger partial charge in [0, 0.05) is 22.7 Å². The fourth-order valence-corrected chi connectivity index (χ4v) is 3.12. The van der Waals surface area contributed by atoms with E-state index in [1.54, 1.807) is 12.1 Å². The molecule has 6 heteroatoms. The van der Waals surface area contributed by atoms with Crippen LogP contribution in [0.5, 0.6) is 0 Å². The number of nitrogens with one attached hydrogen (secondary N) is 1. The van der Waals surface area contributed by atoms with Gasteiger partial charge in [0.15, 0.2) is 5.82 Å². The Labute approximate surface area is 180 Å². The fraction of sp³-hybridized carbons (Fsp3) is 0.125. The monoisotopic (exact) mass is 416 g/mol. The van der Waals surface area contributed by atoms with Crippen molar-refractivity contribution >= 4 is 23.5 Å². The molecule has 0 spiro atoms. The van der Waals surface area contributed by atoms with E-state index in [1.807, 2.05) is 74.5 Å². The van der Waals surface area contributed by atoms with Crippen molar-refractivity contribution in [2.24, 2.45) is 0 Å². The first-order chi connectivity index (χ1) is 14.5. The molecule has 0 unspecified atom stereocenters. The first-order valence-electron chi connectivity index (χ1n) is 9.63. The highest BCUT2D eigenvalue weighted by Crippen LogP contribution is 2.20. The minimum Gasteiger partial charge on any atom is -0.350 e. The number of carbonyl (C=O) groups is 1. The van der Waals surface area contributed by atoms with Crippen LogP contribution >= 0.6 is 11.6 Å². The number of hydrogen-bond acceptors (Lipinski definition) is 4. The minimum atomic E-state index is -0.237. The first-order valence-corrected chi connectivity index (χ1v) is 10.0. The van der Waals surface area contributed by atoms with Crippen molar-refractivity contribution in [2.45, 2.75) is 20.4 Å². The third-order valence-electron chi connectivity index (χ3n) is 4.77. The zero-order valence-corrected chi connectivity index (χ0v) is 17.5. The summed E-state index contributed by atoms with van der Waals surface area (Å²) in [6.07, 6.45) is 0. The van der Waals surface area contributed by atoms with Crippen LogP contribution in [0.3, 0.4) is 0 Å². The lowest BCUT2D eigenvalue weighted by Gasteiger charge is -2.08. The van der Waals surface area contributed by atoms with Gasteiger partial charge in [-0.05, 0) is 43.7 Å². The third-order valence-corrected chi connectivity index (χ3v) is 5.02. The van der Waals surface area contributed by atoms with E-state index in [1.165, 1.54) is 4.68 Å². The Bertz CT molecular complexity index is 1160. The summed E-state index contributed by atoms with van der Waals surface area (Å²) >= 11 is 5.97. The molecule has 4 rings (SSSR count). The third kappa shape index (κ3) is 4.42. The molecule has 0 amide bonds. The van der Waals surface area contributed by atoms with E-state index in [-0.39, 0.29) is 5.91 Å². The molecule has 0 fully saturated rings. The maximum Gasteiger partial charge on any atom is 0.281 e. The van der Waals surface area contributed by atoms with Crippen LogP contribution in [0.1, 0.15) is 27.0 Å². The molecule has 30 heavy (non-hydrogen) atoms. The summed E-state index contributed by atoms with van der Waals surface area (Å²) in [6, 6.07) is 22.8. The van der Waals surface area contributed by atoms with E-state index in [0.29, 0.717) is 28.9 Å². The molecule has 0 aliphatic rings. The van der Waals surface area contributed by atoms with E-state index in [4.69, 9.17) is 11.6 Å². The highest BCUT2D eigenvalue weighted by atomic mass is 35.5. The van der Waals surface area contributed by atoms with Gasteiger partial charge in [-0.3, -0.25) is 4.79 Å². The predicted molar refractivity (Wildman–Crippen MR) is 120 cm³/mol. The van der Waals surface area contributed by atoms with Gasteiger partial charge in [-0.2, -0.15) is 9.67 Å². The Hall–Kier alpha value is -3.44. The second kappa shape index (κ2) is 8.51. The fourth-order valence-electron chi connectivity index (χ4n) is 2.99. The Morgan fingerprint density at radius 3 is 2.13 bits per heavy atom. The molecule has 150 valence electrons. The minimum absolute atomic E-state index is 0.237. The number of nitrogens with zero attached hydrogens (tertiary/aromatic N) is 3. The second-order valence-electron chi connectivity index (χ2n) is 7.19. The van der Waals surface area contributed by atoms with Gasteiger partial charge in [0.25, 0.3) is 5.91 Å². The molecule has 1 heterocycles. The molecule has 3 aromatic carbocycles. The number of halogens is 1. The molecular formula is C24H21ClN4O. The van der Waals surface area contributed by atoms with E-state index in [9.17, 15) is 4.79 Å². The van der Waals surface area contributed by atoms with Crippen LogP contribution < -0.4 is 5.32 Å². The van der Waals surface area contributed by atoms with Crippen molar-refractivity contribution in [3.8, 4) is 11.4 Å². The van der Waals surface area contributed by atoms with Crippen molar-refractivity contribution in [3.05, 3.63) is 100 Å². The summed E-state index contributed by atoms with van der Waals surface area (Å²) in [7, 11) is 0. The van der Waals surface area contributed by atoms with Crippen molar-refractivity contribution in [2.75, 3.05) is 5.32 Å². The summed E-state index contributed by atoms with van der Waals surface area (Å²) in [5.41, 5.74) is 4.66. The Morgan fingerprint density at radius 1 is 0.900 bits per heavy atom. The number of rotatable bonds is 5. The molecule has 1 aromatic heterocycles. The number of benzene rings is 3. The lowest BCUT2D eigenvalue weighted by molar-refractivity contribution is 0.0947. The summed E-state index contributed by atoms with van der Waals surface area (Å²) < 4.78 is 1.33. The average Bonchev–Trinajstić information content (AvgIpc) is 3.18. The summed E-state index contributed by atoms with van der Waals surface area (Å²) in [5, 5.41) is 8.42. The topological polar surface area (TPSA) is 59.8 Å². The molecule has 0 aliphatic carbocycles. The zero-order valence-electron chi connectivity index (χ0n) is 16.8. The smallest absolute Gasteiger partial charge is 0.281 e. The quantitative estimate of drug-likeness (QED) is 0.465. The number of carbonyl (C=O) groups excluding carboxylic acids is 1. The molecule has 0 saturated heterocycles. The zero-order chi connectivity index (χ0) is 21.1. The standard InChI is InChI=1S/C24H21ClN4O/c1-16-3-9-19(10-4-16)22-27-24(26-15-18-7-13-21(25)14-8-18)29(28-22)23(30)20-11-5-17(2)6-12-20/h3-14H,15H2,1-2H3,(H,26,27,28). The lowest BCUT2D eigenvalue weighted by Crippen LogP contribution is -2.17. The SMILES string of the molecule is Cc1ccc(C(=O)n2nc(-c3ccc(C)cc3)nc2NCc2ccc(Cl)cc2)cc1. The lowest BCUT2D eigenvalue weighted by atomic mass is 10.1. The molecule has 0 radical (unpaired) electrons. The molecule has 0 bridgehead atoms. The van der Waals surface area contributed by atoms with Crippen molar-refractivity contribution in [1.29, 1.82) is 0 Å². The molecule has 5 nitrogen and oxygen atoms in total. The second-order valence-corrected chi connectivity index (χ2v) is 7.62. The Kier molecular flexibility index (Phi) is 5.63. The number of hydrogen-bond donors (Lipinski definition) is 1. The Morgan fingerprint density at radius 2 is 1.50 bits per heavy atom. The number of aromatic nitrogens is 3. The molecule has 4 aromatic rings. The maximum absolute atomic E-state index is 13.1. The van der Waals surface area contributed by atoms with Crippen LogP contribution in [-0.4, -0.2) is 20.7 Å². The van der Waals surface area contributed by atoms with Gasteiger partial charge >= 0.3 is 0 Å². The van der Waals surface area contributed by atoms with Gasteiger partial charge in [-0.15, -0.1) is 5.10 Å². The molecule has 0 saturated carbocycles. The van der Waals surface area contributed by atoms with E-state index >= 15 is 0 Å². The number of aryl methyl sites for hydroxylation is 2. The van der Waals surface area contributed by atoms with E-state index in [2.05, 4.69) is 15.4 Å². The van der Waals surface area contributed by atoms with Gasteiger partial charge in [0.2, 0.25) is 5.95 Å². The van der Waals surface area contributed by atoms with Gasteiger partial charge in [-0.25, -0.2) is 0 Å². The molecule has 0 aliphatic heterocycles. The summed E-state index contributed by atoms with van der Waals surface area (Å²) in [4.78, 5) is 17.7. The summed E-state index contributed by atoms with van der Waals surface area (Å²) in [6.45, 7) is 4.50. The van der Waals surface area contributed by atoms with Crippen molar-refractivity contribution in [3.63, 3.8) is 0 Å². The van der Waals surface area contributed by atoms with Crippen LogP contribution in [0.4, 0.5) is 5.95 Å². The highest BCUT2D eigenvalue weighted by molar-refractivity contribution is 6.30. The maximum atomic E-state index is 13.1. The molecular weight excluding hydrogens is 396 g/mol. The van der Waals surface area contributed by atoms with Crippen molar-refractivity contribution in [1.82, 2.24) is 14.8 Å². The van der Waals surface area contributed by atoms with Gasteiger partial charge in [0.1, 0.15) is 0 Å². The van der Waals surface area contributed by atoms with Crippen LogP contribution in [0.2, 0.25) is 5.02 Å². The van der Waals surface area contributed by atoms with Crippen molar-refractivity contribution < 1.29 is 4.79 Å². The van der Waals surface area contributed by atoms with Crippen LogP contribution in [0, 0.1) is 13.8 Å². The molecule has 0 atom stereocenters. The highest BCUT2D eigenvalue weighted by Gasteiger charge is 2.18. The van der Waals surface area contributed by atoms with E-state index in [0.717, 1.165) is 22.3 Å². The van der Waals surface area contributed by atoms with Crippen LogP contribution in [-0.2, 0) is 6.54 Å².